The number of amides is 3. The molecule has 0 aliphatic carbocycles. The molecule has 2 aromatic carbocycles. The van der Waals surface area contributed by atoms with Gasteiger partial charge in [-0.3, -0.25) is 14.4 Å². The van der Waals surface area contributed by atoms with E-state index in [0.717, 1.165) is 12.1 Å². The molecular weight excluding hydrogens is 495 g/mol. The number of rotatable bonds is 3. The fraction of sp³-hybridized carbons (Fsp3) is 0.286. The summed E-state index contributed by atoms with van der Waals surface area (Å²) in [5.74, 6) is -1.32. The zero-order chi connectivity index (χ0) is 23.0. The van der Waals surface area contributed by atoms with Crippen LogP contribution in [-0.2, 0) is 15.8 Å². The van der Waals surface area contributed by atoms with Crippen molar-refractivity contribution in [2.24, 2.45) is 0 Å². The number of carbonyl (C=O) groups is 3. The summed E-state index contributed by atoms with van der Waals surface area (Å²) in [6.45, 7) is -0.226. The molecular formula is C21H17BrF3N3O4. The van der Waals surface area contributed by atoms with Crippen molar-refractivity contribution in [2.75, 3.05) is 31.6 Å². The summed E-state index contributed by atoms with van der Waals surface area (Å²) < 4.78 is 44.4. The second-order valence-electron chi connectivity index (χ2n) is 7.35. The third-order valence-corrected chi connectivity index (χ3v) is 5.78. The maximum atomic E-state index is 13.0. The minimum absolute atomic E-state index is 0.0441. The Hall–Kier alpha value is -3.08. The Morgan fingerprint density at radius 3 is 2.69 bits per heavy atom. The van der Waals surface area contributed by atoms with E-state index in [-0.39, 0.29) is 31.3 Å². The number of carbonyl (C=O) groups excluding carboxylic acids is 3. The van der Waals surface area contributed by atoms with Crippen LogP contribution >= 0.6 is 15.9 Å². The number of ether oxygens (including phenoxy) is 1. The normalized spacial score (nSPS) is 18.4. The second kappa shape index (κ2) is 8.45. The molecule has 0 radical (unpaired) electrons. The van der Waals surface area contributed by atoms with Gasteiger partial charge in [-0.05, 0) is 36.4 Å². The SMILES string of the molecule is O=C1Nc2ccc(Br)cc2C(=O)N2CCN(C(=O)COc3cccc(C(F)(F)F)c3)CC12. The Morgan fingerprint density at radius 1 is 1.16 bits per heavy atom. The van der Waals surface area contributed by atoms with E-state index in [1.54, 1.807) is 18.2 Å². The standard InChI is InChI=1S/C21H17BrF3N3O4/c22-13-4-5-16-15(9-13)20(31)28-7-6-27(10-17(28)19(30)26-16)18(29)11-32-14-3-1-2-12(8-14)21(23,24)25/h1-5,8-9,17H,6-7,10-11H2,(H,26,30). The van der Waals surface area contributed by atoms with Gasteiger partial charge in [-0.25, -0.2) is 0 Å². The first-order valence-corrected chi connectivity index (χ1v) is 10.4. The highest BCUT2D eigenvalue weighted by Gasteiger charge is 2.40. The van der Waals surface area contributed by atoms with E-state index in [1.165, 1.54) is 21.9 Å². The average Bonchev–Trinajstić information content (AvgIpc) is 2.86. The first-order valence-electron chi connectivity index (χ1n) is 9.63. The number of nitrogens with zero attached hydrogens (tertiary/aromatic N) is 2. The molecule has 4 rings (SSSR count). The monoisotopic (exact) mass is 511 g/mol. The topological polar surface area (TPSA) is 79.0 Å². The molecule has 0 aromatic heterocycles. The molecule has 1 saturated heterocycles. The van der Waals surface area contributed by atoms with Gasteiger partial charge in [0, 0.05) is 17.6 Å². The molecule has 2 aliphatic rings. The summed E-state index contributed by atoms with van der Waals surface area (Å²) in [6, 6.07) is 8.31. The van der Waals surface area contributed by atoms with Gasteiger partial charge in [-0.15, -0.1) is 0 Å². The Morgan fingerprint density at radius 2 is 1.94 bits per heavy atom. The smallest absolute Gasteiger partial charge is 0.416 e. The van der Waals surface area contributed by atoms with E-state index in [9.17, 15) is 27.6 Å². The zero-order valence-electron chi connectivity index (χ0n) is 16.5. The molecule has 2 aliphatic heterocycles. The van der Waals surface area contributed by atoms with Gasteiger partial charge in [-0.2, -0.15) is 13.2 Å². The Bertz CT molecular complexity index is 1090. The van der Waals surface area contributed by atoms with Crippen molar-refractivity contribution in [3.05, 3.63) is 58.1 Å². The summed E-state index contributed by atoms with van der Waals surface area (Å²) in [5, 5.41) is 2.72. The van der Waals surface area contributed by atoms with Crippen LogP contribution in [0.2, 0.25) is 0 Å². The third-order valence-electron chi connectivity index (χ3n) is 5.29. The molecule has 11 heteroatoms. The molecule has 0 spiro atoms. The third kappa shape index (κ3) is 4.43. The van der Waals surface area contributed by atoms with E-state index in [0.29, 0.717) is 15.7 Å². The van der Waals surface area contributed by atoms with Crippen LogP contribution < -0.4 is 10.1 Å². The zero-order valence-corrected chi connectivity index (χ0v) is 18.1. The first kappa shape index (κ1) is 22.1. The minimum Gasteiger partial charge on any atom is -0.484 e. The highest BCUT2D eigenvalue weighted by atomic mass is 79.9. The van der Waals surface area contributed by atoms with Crippen molar-refractivity contribution in [2.45, 2.75) is 12.2 Å². The lowest BCUT2D eigenvalue weighted by molar-refractivity contribution is -0.137. The van der Waals surface area contributed by atoms with Gasteiger partial charge >= 0.3 is 6.18 Å². The summed E-state index contributed by atoms with van der Waals surface area (Å²) in [6.07, 6.45) is -4.52. The molecule has 1 atom stereocenters. The number of hydrogen-bond donors (Lipinski definition) is 1. The van der Waals surface area contributed by atoms with Gasteiger partial charge in [0.2, 0.25) is 5.91 Å². The summed E-state index contributed by atoms with van der Waals surface area (Å²) >= 11 is 3.31. The molecule has 7 nitrogen and oxygen atoms in total. The molecule has 2 aromatic rings. The number of benzene rings is 2. The number of fused-ring (bicyclic) bond motifs is 2. The van der Waals surface area contributed by atoms with Crippen molar-refractivity contribution >= 4 is 39.3 Å². The van der Waals surface area contributed by atoms with Crippen LogP contribution in [0.5, 0.6) is 5.75 Å². The predicted octanol–water partition coefficient (Wildman–Crippen LogP) is 3.15. The highest BCUT2D eigenvalue weighted by molar-refractivity contribution is 9.10. The quantitative estimate of drug-likeness (QED) is 0.686. The Kier molecular flexibility index (Phi) is 5.85. The summed E-state index contributed by atoms with van der Waals surface area (Å²) in [7, 11) is 0. The minimum atomic E-state index is -4.52. The number of anilines is 1. The van der Waals surface area contributed by atoms with Gasteiger partial charge in [0.1, 0.15) is 11.8 Å². The van der Waals surface area contributed by atoms with E-state index in [2.05, 4.69) is 21.2 Å². The van der Waals surface area contributed by atoms with Crippen molar-refractivity contribution in [3.63, 3.8) is 0 Å². The van der Waals surface area contributed by atoms with Crippen molar-refractivity contribution in [1.29, 1.82) is 0 Å². The van der Waals surface area contributed by atoms with Gasteiger partial charge in [0.15, 0.2) is 6.61 Å². The van der Waals surface area contributed by atoms with Crippen LogP contribution in [0.3, 0.4) is 0 Å². The lowest BCUT2D eigenvalue weighted by atomic mass is 10.1. The number of hydrogen-bond acceptors (Lipinski definition) is 4. The lowest BCUT2D eigenvalue weighted by Gasteiger charge is -2.39. The average molecular weight is 512 g/mol. The van der Waals surface area contributed by atoms with Crippen LogP contribution in [0, 0.1) is 0 Å². The van der Waals surface area contributed by atoms with Crippen LogP contribution in [0.15, 0.2) is 46.9 Å². The number of nitrogens with one attached hydrogen (secondary N) is 1. The van der Waals surface area contributed by atoms with Crippen LogP contribution in [0.1, 0.15) is 15.9 Å². The van der Waals surface area contributed by atoms with E-state index < -0.39 is 36.2 Å². The fourth-order valence-corrected chi connectivity index (χ4v) is 4.01. The summed E-state index contributed by atoms with van der Waals surface area (Å²) in [5.41, 5.74) is -0.137. The predicted molar refractivity (Wildman–Crippen MR) is 111 cm³/mol. The fourth-order valence-electron chi connectivity index (χ4n) is 3.65. The van der Waals surface area contributed by atoms with Gasteiger partial charge in [-0.1, -0.05) is 22.0 Å². The first-order chi connectivity index (χ1) is 15.1. The van der Waals surface area contributed by atoms with E-state index in [4.69, 9.17) is 4.74 Å². The second-order valence-corrected chi connectivity index (χ2v) is 8.26. The number of halogens is 4. The van der Waals surface area contributed by atoms with E-state index in [1.807, 2.05) is 0 Å². The van der Waals surface area contributed by atoms with Crippen molar-refractivity contribution in [1.82, 2.24) is 9.80 Å². The van der Waals surface area contributed by atoms with Gasteiger partial charge < -0.3 is 19.9 Å². The van der Waals surface area contributed by atoms with Gasteiger partial charge in [0.05, 0.1) is 23.4 Å². The molecule has 32 heavy (non-hydrogen) atoms. The molecule has 3 amide bonds. The largest absolute Gasteiger partial charge is 0.484 e. The van der Waals surface area contributed by atoms with Crippen LogP contribution in [-0.4, -0.2) is 59.8 Å². The summed E-state index contributed by atoms with van der Waals surface area (Å²) in [4.78, 5) is 41.1. The molecule has 2 heterocycles. The highest BCUT2D eigenvalue weighted by Crippen LogP contribution is 2.31. The number of alkyl halides is 3. The molecule has 1 unspecified atom stereocenters. The van der Waals surface area contributed by atoms with Crippen molar-refractivity contribution in [3.8, 4) is 5.75 Å². The van der Waals surface area contributed by atoms with Crippen LogP contribution in [0.25, 0.3) is 0 Å². The Balaban J connectivity index is 1.43. The van der Waals surface area contributed by atoms with Crippen LogP contribution in [0.4, 0.5) is 18.9 Å². The molecule has 168 valence electrons. The molecule has 1 fully saturated rings. The van der Waals surface area contributed by atoms with Gasteiger partial charge in [0.25, 0.3) is 11.8 Å². The van der Waals surface area contributed by atoms with Crippen molar-refractivity contribution < 1.29 is 32.3 Å². The lowest BCUT2D eigenvalue weighted by Crippen LogP contribution is -2.60. The maximum absolute atomic E-state index is 13.0. The number of piperazine rings is 1. The van der Waals surface area contributed by atoms with E-state index >= 15 is 0 Å². The molecule has 1 N–H and O–H groups in total. The Labute approximate surface area is 189 Å². The maximum Gasteiger partial charge on any atom is 0.416 e. The molecule has 0 bridgehead atoms. The molecule has 0 saturated carbocycles.